The Morgan fingerprint density at radius 3 is 2.70 bits per heavy atom. The van der Waals surface area contributed by atoms with Crippen molar-refractivity contribution in [2.45, 2.75) is 18.8 Å². The molecule has 0 atom stereocenters. The van der Waals surface area contributed by atoms with Gasteiger partial charge in [0.2, 0.25) is 11.1 Å². The molecule has 1 fully saturated rings. The quantitative estimate of drug-likeness (QED) is 0.640. The maximum atomic E-state index is 4.21. The van der Waals surface area contributed by atoms with Gasteiger partial charge in [-0.15, -0.1) is 10.2 Å². The third-order valence-corrected chi connectivity index (χ3v) is 4.57. The van der Waals surface area contributed by atoms with Crippen LogP contribution >= 0.6 is 11.3 Å². The first-order valence-electron chi connectivity index (χ1n) is 7.55. The fraction of sp³-hybridized carbons (Fsp3) is 0.357. The Morgan fingerprint density at radius 1 is 1.04 bits per heavy atom. The van der Waals surface area contributed by atoms with Gasteiger partial charge in [0.1, 0.15) is 5.01 Å². The van der Waals surface area contributed by atoms with Crippen LogP contribution in [0.15, 0.2) is 30.3 Å². The molecular formula is C14H16N8S. The molecule has 0 bridgehead atoms. The summed E-state index contributed by atoms with van der Waals surface area (Å²) < 4.78 is 1.68. The second-order valence-electron chi connectivity index (χ2n) is 5.32. The lowest BCUT2D eigenvalue weighted by Gasteiger charge is -2.07. The Hall–Kier alpha value is -2.55. The van der Waals surface area contributed by atoms with Gasteiger partial charge in [0, 0.05) is 19.0 Å². The highest BCUT2D eigenvalue weighted by molar-refractivity contribution is 7.15. The molecule has 1 aromatic carbocycles. The number of anilines is 2. The molecule has 0 radical (unpaired) electrons. The summed E-state index contributed by atoms with van der Waals surface area (Å²) in [6, 6.07) is 9.79. The molecule has 8 nitrogen and oxygen atoms in total. The smallest absolute Gasteiger partial charge is 0.247 e. The van der Waals surface area contributed by atoms with E-state index < -0.39 is 0 Å². The summed E-state index contributed by atoms with van der Waals surface area (Å²) in [4.78, 5) is 0. The van der Waals surface area contributed by atoms with E-state index in [9.17, 15) is 0 Å². The number of rotatable bonds is 7. The molecule has 4 rings (SSSR count). The van der Waals surface area contributed by atoms with Gasteiger partial charge in [-0.1, -0.05) is 34.6 Å². The van der Waals surface area contributed by atoms with Crippen LogP contribution in [0.4, 0.5) is 11.1 Å². The molecule has 0 unspecified atom stereocenters. The highest BCUT2D eigenvalue weighted by Gasteiger charge is 2.27. The first kappa shape index (κ1) is 14.1. The molecule has 0 spiro atoms. The molecular weight excluding hydrogens is 312 g/mol. The summed E-state index contributed by atoms with van der Waals surface area (Å²) in [6.07, 6.45) is 2.50. The number of aromatic nitrogens is 6. The third kappa shape index (κ3) is 3.29. The Morgan fingerprint density at radius 2 is 1.87 bits per heavy atom. The molecule has 0 amide bonds. The highest BCUT2D eigenvalue weighted by atomic mass is 32.1. The summed E-state index contributed by atoms with van der Waals surface area (Å²) in [6.45, 7) is 1.41. The highest BCUT2D eigenvalue weighted by Crippen LogP contribution is 2.41. The molecule has 1 saturated carbocycles. The van der Waals surface area contributed by atoms with Crippen molar-refractivity contribution in [1.82, 2.24) is 30.4 Å². The van der Waals surface area contributed by atoms with E-state index in [0.29, 0.717) is 18.4 Å². The van der Waals surface area contributed by atoms with Crippen molar-refractivity contribution in [3.63, 3.8) is 0 Å². The zero-order valence-electron chi connectivity index (χ0n) is 12.4. The van der Waals surface area contributed by atoms with Crippen molar-refractivity contribution in [1.29, 1.82) is 0 Å². The largest absolute Gasteiger partial charge is 0.358 e. The van der Waals surface area contributed by atoms with E-state index in [1.807, 2.05) is 30.3 Å². The average Bonchev–Trinajstić information content (AvgIpc) is 3.15. The van der Waals surface area contributed by atoms with Crippen molar-refractivity contribution in [2.24, 2.45) is 0 Å². The minimum atomic E-state index is 0.619. The average molecular weight is 328 g/mol. The van der Waals surface area contributed by atoms with Crippen LogP contribution in [0.1, 0.15) is 23.8 Å². The first-order chi connectivity index (χ1) is 11.4. The van der Waals surface area contributed by atoms with Gasteiger partial charge in [-0.3, -0.25) is 0 Å². The molecule has 2 N–H and O–H groups in total. The lowest BCUT2D eigenvalue weighted by atomic mass is 10.3. The minimum Gasteiger partial charge on any atom is -0.358 e. The van der Waals surface area contributed by atoms with Gasteiger partial charge in [-0.25, -0.2) is 0 Å². The Labute approximate surface area is 136 Å². The Balaban J connectivity index is 1.30. The monoisotopic (exact) mass is 328 g/mol. The third-order valence-electron chi connectivity index (χ3n) is 3.52. The van der Waals surface area contributed by atoms with Crippen LogP contribution in [0, 0.1) is 0 Å². The maximum Gasteiger partial charge on any atom is 0.247 e. The molecule has 2 heterocycles. The first-order valence-corrected chi connectivity index (χ1v) is 8.37. The van der Waals surface area contributed by atoms with Crippen molar-refractivity contribution >= 4 is 22.4 Å². The van der Waals surface area contributed by atoms with Crippen molar-refractivity contribution in [2.75, 3.05) is 23.7 Å². The molecule has 0 aliphatic heterocycles. The van der Waals surface area contributed by atoms with Crippen LogP contribution in [0.5, 0.6) is 0 Å². The van der Waals surface area contributed by atoms with E-state index >= 15 is 0 Å². The van der Waals surface area contributed by atoms with E-state index in [0.717, 1.165) is 22.4 Å². The molecule has 9 heteroatoms. The normalized spacial score (nSPS) is 13.9. The van der Waals surface area contributed by atoms with E-state index in [2.05, 4.69) is 36.4 Å². The minimum absolute atomic E-state index is 0.619. The Kier molecular flexibility index (Phi) is 3.85. The predicted molar refractivity (Wildman–Crippen MR) is 88.0 cm³/mol. The fourth-order valence-corrected chi connectivity index (χ4v) is 3.12. The predicted octanol–water partition coefficient (Wildman–Crippen LogP) is 1.92. The molecule has 0 saturated heterocycles. The molecule has 2 aromatic heterocycles. The van der Waals surface area contributed by atoms with Crippen molar-refractivity contribution < 1.29 is 0 Å². The van der Waals surface area contributed by atoms with Crippen LogP contribution < -0.4 is 10.6 Å². The zero-order chi connectivity index (χ0) is 15.5. The molecule has 118 valence electrons. The summed E-state index contributed by atoms with van der Waals surface area (Å²) in [7, 11) is 0. The molecule has 1 aliphatic rings. The summed E-state index contributed by atoms with van der Waals surface area (Å²) in [5.74, 6) is 1.27. The van der Waals surface area contributed by atoms with Gasteiger partial charge in [-0.2, -0.15) is 4.68 Å². The SMILES string of the molecule is c1ccc(-n2nnnc2NCCNc2nnc(C3CC3)s2)cc1. The van der Waals surface area contributed by atoms with Crippen LogP contribution in [-0.4, -0.2) is 43.5 Å². The topological polar surface area (TPSA) is 93.4 Å². The summed E-state index contributed by atoms with van der Waals surface area (Å²) in [5, 5.41) is 28.6. The molecule has 1 aliphatic carbocycles. The number of benzene rings is 1. The van der Waals surface area contributed by atoms with Gasteiger partial charge in [-0.05, 0) is 35.4 Å². The van der Waals surface area contributed by atoms with Crippen LogP contribution in [0.3, 0.4) is 0 Å². The maximum absolute atomic E-state index is 4.21. The van der Waals surface area contributed by atoms with Gasteiger partial charge in [0.15, 0.2) is 0 Å². The van der Waals surface area contributed by atoms with E-state index in [4.69, 9.17) is 0 Å². The van der Waals surface area contributed by atoms with Gasteiger partial charge in [0.25, 0.3) is 0 Å². The van der Waals surface area contributed by atoms with E-state index in [-0.39, 0.29) is 0 Å². The van der Waals surface area contributed by atoms with Gasteiger partial charge < -0.3 is 10.6 Å². The van der Waals surface area contributed by atoms with E-state index in [1.54, 1.807) is 16.0 Å². The lowest BCUT2D eigenvalue weighted by Crippen LogP contribution is -2.16. The summed E-state index contributed by atoms with van der Waals surface area (Å²) in [5.41, 5.74) is 0.922. The van der Waals surface area contributed by atoms with Crippen LogP contribution in [-0.2, 0) is 0 Å². The van der Waals surface area contributed by atoms with Crippen LogP contribution in [0.2, 0.25) is 0 Å². The number of para-hydroxylation sites is 1. The Bertz CT molecular complexity index is 764. The van der Waals surface area contributed by atoms with Gasteiger partial charge in [0.05, 0.1) is 5.69 Å². The van der Waals surface area contributed by atoms with E-state index in [1.165, 1.54) is 12.8 Å². The zero-order valence-corrected chi connectivity index (χ0v) is 13.2. The second kappa shape index (κ2) is 6.29. The number of hydrogen-bond acceptors (Lipinski definition) is 8. The number of nitrogens with one attached hydrogen (secondary N) is 2. The number of tetrazole rings is 1. The molecule has 23 heavy (non-hydrogen) atoms. The van der Waals surface area contributed by atoms with Crippen molar-refractivity contribution in [3.05, 3.63) is 35.3 Å². The van der Waals surface area contributed by atoms with Crippen LogP contribution in [0.25, 0.3) is 5.69 Å². The molecule has 3 aromatic rings. The fourth-order valence-electron chi connectivity index (χ4n) is 2.19. The lowest BCUT2D eigenvalue weighted by molar-refractivity contribution is 0.789. The van der Waals surface area contributed by atoms with Crippen molar-refractivity contribution in [3.8, 4) is 5.69 Å². The summed E-state index contributed by atoms with van der Waals surface area (Å²) >= 11 is 1.64. The number of nitrogens with zero attached hydrogens (tertiary/aromatic N) is 6. The van der Waals surface area contributed by atoms with Gasteiger partial charge >= 0.3 is 0 Å². The second-order valence-corrected chi connectivity index (χ2v) is 6.33. The number of hydrogen-bond donors (Lipinski definition) is 2. The standard InChI is InChI=1S/C14H16N8S/c1-2-4-11(5-3-1)22-13(18-20-21-22)15-8-9-16-14-19-17-12(23-14)10-6-7-10/h1-5,10H,6-9H2,(H,16,19)(H,15,18,21).